The highest BCUT2D eigenvalue weighted by atomic mass is 16.5. The van der Waals surface area contributed by atoms with Gasteiger partial charge in [-0.2, -0.15) is 0 Å². The van der Waals surface area contributed by atoms with Crippen LogP contribution in [0.3, 0.4) is 0 Å². The van der Waals surface area contributed by atoms with Gasteiger partial charge in [0.2, 0.25) is 0 Å². The molecule has 3 heteroatoms. The van der Waals surface area contributed by atoms with Crippen LogP contribution >= 0.6 is 0 Å². The third-order valence-electron chi connectivity index (χ3n) is 5.67. The Morgan fingerprint density at radius 2 is 1.71 bits per heavy atom. The maximum absolute atomic E-state index is 12.1. The Bertz CT molecular complexity index is 313. The second-order valence-electron chi connectivity index (χ2n) is 6.96. The first-order chi connectivity index (χ1) is 10.2. The molecule has 0 radical (unpaired) electrons. The van der Waals surface area contributed by atoms with Crippen LogP contribution in [-0.2, 0) is 9.53 Å². The smallest absolute Gasteiger partial charge is 0.307 e. The van der Waals surface area contributed by atoms with Crippen molar-refractivity contribution in [1.82, 2.24) is 4.90 Å². The van der Waals surface area contributed by atoms with Gasteiger partial charge in [-0.3, -0.25) is 9.69 Å². The Balaban J connectivity index is 2.07. The SMILES string of the molecule is CCOC(=O)CC1(N2CCCCCC2)CCC(CC)CC1. The van der Waals surface area contributed by atoms with Gasteiger partial charge < -0.3 is 4.74 Å². The van der Waals surface area contributed by atoms with Crippen LogP contribution in [0.2, 0.25) is 0 Å². The summed E-state index contributed by atoms with van der Waals surface area (Å²) in [6.45, 7) is 7.07. The zero-order valence-electron chi connectivity index (χ0n) is 14.0. The van der Waals surface area contributed by atoms with E-state index in [1.165, 1.54) is 70.9 Å². The summed E-state index contributed by atoms with van der Waals surface area (Å²) >= 11 is 0. The molecule has 122 valence electrons. The fraction of sp³-hybridized carbons (Fsp3) is 0.944. The zero-order chi connectivity index (χ0) is 15.1. The normalized spacial score (nSPS) is 31.6. The van der Waals surface area contributed by atoms with Gasteiger partial charge in [-0.15, -0.1) is 0 Å². The second kappa shape index (κ2) is 8.17. The van der Waals surface area contributed by atoms with E-state index in [4.69, 9.17) is 4.74 Å². The number of carbonyl (C=O) groups is 1. The molecule has 2 fully saturated rings. The van der Waals surface area contributed by atoms with Crippen LogP contribution in [0.1, 0.15) is 78.1 Å². The van der Waals surface area contributed by atoms with Crippen LogP contribution in [0.5, 0.6) is 0 Å². The van der Waals surface area contributed by atoms with Crippen molar-refractivity contribution in [3.63, 3.8) is 0 Å². The highest BCUT2D eigenvalue weighted by Crippen LogP contribution is 2.41. The summed E-state index contributed by atoms with van der Waals surface area (Å²) in [6.07, 6.45) is 12.1. The molecule has 0 aromatic rings. The van der Waals surface area contributed by atoms with Gasteiger partial charge in [-0.05, 0) is 64.5 Å². The number of hydrogen-bond donors (Lipinski definition) is 0. The van der Waals surface area contributed by atoms with Gasteiger partial charge in [-0.1, -0.05) is 26.2 Å². The van der Waals surface area contributed by atoms with Crippen LogP contribution in [0.15, 0.2) is 0 Å². The van der Waals surface area contributed by atoms with Crippen molar-refractivity contribution >= 4 is 5.97 Å². The Morgan fingerprint density at radius 3 is 2.24 bits per heavy atom. The average Bonchev–Trinajstić information content (AvgIpc) is 2.78. The molecule has 1 saturated carbocycles. The van der Waals surface area contributed by atoms with E-state index >= 15 is 0 Å². The lowest BCUT2D eigenvalue weighted by molar-refractivity contribution is -0.147. The first-order valence-corrected chi connectivity index (χ1v) is 9.11. The first-order valence-electron chi connectivity index (χ1n) is 9.11. The molecule has 0 unspecified atom stereocenters. The van der Waals surface area contributed by atoms with Crippen LogP contribution in [0.4, 0.5) is 0 Å². The molecule has 3 nitrogen and oxygen atoms in total. The van der Waals surface area contributed by atoms with Crippen LogP contribution < -0.4 is 0 Å². The predicted molar refractivity (Wildman–Crippen MR) is 86.3 cm³/mol. The van der Waals surface area contributed by atoms with Gasteiger partial charge in [0.1, 0.15) is 0 Å². The number of rotatable bonds is 5. The maximum Gasteiger partial charge on any atom is 0.307 e. The topological polar surface area (TPSA) is 29.5 Å². The molecule has 2 rings (SSSR count). The minimum absolute atomic E-state index is 0.0108. The summed E-state index contributed by atoms with van der Waals surface area (Å²) in [6, 6.07) is 0. The van der Waals surface area contributed by atoms with E-state index in [9.17, 15) is 4.79 Å². The molecule has 1 aliphatic carbocycles. The molecule has 2 aliphatic rings. The van der Waals surface area contributed by atoms with Crippen LogP contribution in [0, 0.1) is 5.92 Å². The summed E-state index contributed by atoms with van der Waals surface area (Å²) in [4.78, 5) is 14.8. The monoisotopic (exact) mass is 295 g/mol. The van der Waals surface area contributed by atoms with Crippen molar-refractivity contribution < 1.29 is 9.53 Å². The summed E-state index contributed by atoms with van der Waals surface area (Å²) < 4.78 is 5.28. The molecule has 21 heavy (non-hydrogen) atoms. The van der Waals surface area contributed by atoms with E-state index in [0.29, 0.717) is 13.0 Å². The molecule has 1 saturated heterocycles. The summed E-state index contributed by atoms with van der Waals surface area (Å²) in [5.74, 6) is 0.879. The Hall–Kier alpha value is -0.570. The predicted octanol–water partition coefficient (Wildman–Crippen LogP) is 4.15. The van der Waals surface area contributed by atoms with Crippen molar-refractivity contribution in [3.05, 3.63) is 0 Å². The first kappa shape index (κ1) is 16.8. The van der Waals surface area contributed by atoms with E-state index in [1.54, 1.807) is 0 Å². The summed E-state index contributed by atoms with van der Waals surface area (Å²) in [5.41, 5.74) is 0.0995. The number of hydrogen-bond acceptors (Lipinski definition) is 3. The fourth-order valence-corrected chi connectivity index (χ4v) is 4.25. The van der Waals surface area contributed by atoms with E-state index < -0.39 is 0 Å². The van der Waals surface area contributed by atoms with Gasteiger partial charge in [0.25, 0.3) is 0 Å². The molecule has 0 aromatic heterocycles. The molecule has 0 atom stereocenters. The van der Waals surface area contributed by atoms with Crippen molar-refractivity contribution in [2.24, 2.45) is 5.92 Å². The minimum Gasteiger partial charge on any atom is -0.466 e. The van der Waals surface area contributed by atoms with Gasteiger partial charge in [0.05, 0.1) is 13.0 Å². The van der Waals surface area contributed by atoms with E-state index in [1.807, 2.05) is 6.92 Å². The highest BCUT2D eigenvalue weighted by Gasteiger charge is 2.41. The number of ether oxygens (including phenoxy) is 1. The number of carbonyl (C=O) groups excluding carboxylic acids is 1. The highest BCUT2D eigenvalue weighted by molar-refractivity contribution is 5.71. The van der Waals surface area contributed by atoms with Gasteiger partial charge in [0, 0.05) is 5.54 Å². The average molecular weight is 295 g/mol. The van der Waals surface area contributed by atoms with E-state index in [-0.39, 0.29) is 11.5 Å². The number of esters is 1. The van der Waals surface area contributed by atoms with Crippen LogP contribution in [-0.4, -0.2) is 36.1 Å². The lowest BCUT2D eigenvalue weighted by atomic mass is 9.72. The largest absolute Gasteiger partial charge is 0.466 e. The Kier molecular flexibility index (Phi) is 6.53. The molecule has 1 heterocycles. The molecule has 0 bridgehead atoms. The van der Waals surface area contributed by atoms with Gasteiger partial charge in [-0.25, -0.2) is 0 Å². The molecular weight excluding hydrogens is 262 g/mol. The van der Waals surface area contributed by atoms with Crippen molar-refractivity contribution in [3.8, 4) is 0 Å². The van der Waals surface area contributed by atoms with Crippen LogP contribution in [0.25, 0.3) is 0 Å². The van der Waals surface area contributed by atoms with Gasteiger partial charge >= 0.3 is 5.97 Å². The molecule has 0 spiro atoms. The van der Waals surface area contributed by atoms with E-state index in [2.05, 4.69) is 11.8 Å². The van der Waals surface area contributed by atoms with Crippen molar-refractivity contribution in [1.29, 1.82) is 0 Å². The Labute approximate surface area is 130 Å². The third-order valence-corrected chi connectivity index (χ3v) is 5.67. The molecule has 0 amide bonds. The molecule has 1 aliphatic heterocycles. The quantitative estimate of drug-likeness (QED) is 0.713. The third kappa shape index (κ3) is 4.45. The summed E-state index contributed by atoms with van der Waals surface area (Å²) in [5, 5.41) is 0. The van der Waals surface area contributed by atoms with Gasteiger partial charge in [0.15, 0.2) is 0 Å². The lowest BCUT2D eigenvalue weighted by Crippen LogP contribution is -2.52. The fourth-order valence-electron chi connectivity index (χ4n) is 4.25. The molecule has 0 aromatic carbocycles. The maximum atomic E-state index is 12.1. The molecular formula is C18H33NO2. The minimum atomic E-state index is 0.0108. The second-order valence-corrected chi connectivity index (χ2v) is 6.96. The zero-order valence-corrected chi connectivity index (χ0v) is 14.0. The number of likely N-dealkylation sites (tertiary alicyclic amines) is 1. The lowest BCUT2D eigenvalue weighted by Gasteiger charge is -2.47. The molecule has 0 N–H and O–H groups in total. The summed E-state index contributed by atoms with van der Waals surface area (Å²) in [7, 11) is 0. The van der Waals surface area contributed by atoms with Crippen molar-refractivity contribution in [2.45, 2.75) is 83.6 Å². The van der Waals surface area contributed by atoms with E-state index in [0.717, 1.165) is 5.92 Å². The standard InChI is InChI=1S/C18H33NO2/c1-3-16-9-11-18(12-10-16,15-17(20)21-4-2)19-13-7-5-6-8-14-19/h16H,3-15H2,1-2H3. The van der Waals surface area contributed by atoms with Crippen molar-refractivity contribution in [2.75, 3.05) is 19.7 Å². The Morgan fingerprint density at radius 1 is 1.10 bits per heavy atom. The number of nitrogens with zero attached hydrogens (tertiary/aromatic N) is 1.